The summed E-state index contributed by atoms with van der Waals surface area (Å²) >= 11 is 0. The highest BCUT2D eigenvalue weighted by Crippen LogP contribution is 2.21. The van der Waals surface area contributed by atoms with Gasteiger partial charge in [-0.15, -0.1) is 0 Å². The van der Waals surface area contributed by atoms with E-state index in [9.17, 15) is 4.79 Å². The number of hydrogen-bond donors (Lipinski definition) is 1. The molecule has 2 unspecified atom stereocenters. The molecule has 0 aliphatic carbocycles. The van der Waals surface area contributed by atoms with Crippen molar-refractivity contribution < 1.29 is 14.3 Å². The molecule has 1 fully saturated rings. The highest BCUT2D eigenvalue weighted by Gasteiger charge is 2.42. The molecule has 4 heteroatoms. The van der Waals surface area contributed by atoms with Crippen LogP contribution in [0, 0.1) is 0 Å². The Kier molecular flexibility index (Phi) is 4.54. The fourth-order valence-corrected chi connectivity index (χ4v) is 1.90. The fourth-order valence-electron chi connectivity index (χ4n) is 1.90. The van der Waals surface area contributed by atoms with Crippen molar-refractivity contribution in [2.45, 2.75) is 44.7 Å². The van der Waals surface area contributed by atoms with Crippen LogP contribution in [0.25, 0.3) is 0 Å². The van der Waals surface area contributed by atoms with Gasteiger partial charge in [0.15, 0.2) is 0 Å². The molecule has 0 radical (unpaired) electrons. The molecule has 1 aliphatic heterocycles. The first kappa shape index (κ1) is 12.5. The second-order valence-corrected chi connectivity index (χ2v) is 4.18. The van der Waals surface area contributed by atoms with Crippen LogP contribution in [0.15, 0.2) is 0 Å². The third kappa shape index (κ3) is 2.92. The first-order chi connectivity index (χ1) is 7.14. The van der Waals surface area contributed by atoms with Crippen LogP contribution in [0.3, 0.4) is 0 Å². The van der Waals surface area contributed by atoms with E-state index in [0.717, 1.165) is 25.9 Å². The summed E-state index contributed by atoms with van der Waals surface area (Å²) in [5, 5.41) is 3.33. The maximum absolute atomic E-state index is 11.8. The molecular weight excluding hydrogens is 194 g/mol. The van der Waals surface area contributed by atoms with Crippen molar-refractivity contribution in [3.63, 3.8) is 0 Å². The molecule has 1 rings (SSSR count). The van der Waals surface area contributed by atoms with Gasteiger partial charge in [-0.3, -0.25) is 5.32 Å². The van der Waals surface area contributed by atoms with Crippen LogP contribution in [-0.2, 0) is 14.3 Å². The zero-order valence-electron chi connectivity index (χ0n) is 9.84. The van der Waals surface area contributed by atoms with Crippen molar-refractivity contribution in [3.8, 4) is 0 Å². The Balaban J connectivity index is 2.70. The highest BCUT2D eigenvalue weighted by molar-refractivity contribution is 5.81. The number of methoxy groups -OCH3 is 1. The monoisotopic (exact) mass is 215 g/mol. The normalized spacial score (nSPS) is 28.5. The molecule has 1 saturated heterocycles. The van der Waals surface area contributed by atoms with E-state index >= 15 is 0 Å². The van der Waals surface area contributed by atoms with Gasteiger partial charge >= 0.3 is 5.97 Å². The quantitative estimate of drug-likeness (QED) is 0.713. The molecule has 0 saturated carbocycles. The van der Waals surface area contributed by atoms with E-state index in [1.807, 2.05) is 0 Å². The second kappa shape index (κ2) is 5.47. The maximum Gasteiger partial charge on any atom is 0.328 e. The topological polar surface area (TPSA) is 47.6 Å². The lowest BCUT2D eigenvalue weighted by Gasteiger charge is -2.37. The van der Waals surface area contributed by atoms with E-state index in [-0.39, 0.29) is 5.97 Å². The summed E-state index contributed by atoms with van der Waals surface area (Å²) in [4.78, 5) is 11.8. The zero-order chi connectivity index (χ0) is 11.3. The summed E-state index contributed by atoms with van der Waals surface area (Å²) in [6.07, 6.45) is 2.68. The number of carbonyl (C=O) groups is 1. The number of nitrogens with one attached hydrogen (secondary N) is 1. The molecule has 0 aromatic heterocycles. The zero-order valence-corrected chi connectivity index (χ0v) is 9.84. The van der Waals surface area contributed by atoms with Crippen molar-refractivity contribution in [1.82, 2.24) is 5.32 Å². The highest BCUT2D eigenvalue weighted by atomic mass is 16.5. The third-order valence-electron chi connectivity index (χ3n) is 2.95. The Morgan fingerprint density at radius 2 is 2.40 bits per heavy atom. The van der Waals surface area contributed by atoms with Gasteiger partial charge in [0.1, 0.15) is 5.54 Å². The number of esters is 1. The minimum atomic E-state index is -0.623. The minimum absolute atomic E-state index is 0.206. The Bertz CT molecular complexity index is 212. The Labute approximate surface area is 91.3 Å². The molecule has 1 heterocycles. The number of rotatable bonds is 4. The summed E-state index contributed by atoms with van der Waals surface area (Å²) < 4.78 is 10.2. The van der Waals surface area contributed by atoms with Gasteiger partial charge in [-0.1, -0.05) is 6.92 Å². The third-order valence-corrected chi connectivity index (χ3v) is 2.95. The molecule has 1 N–H and O–H groups in total. The minimum Gasteiger partial charge on any atom is -0.468 e. The summed E-state index contributed by atoms with van der Waals surface area (Å²) in [6.45, 7) is 5.32. The van der Waals surface area contributed by atoms with Crippen molar-refractivity contribution in [2.75, 3.05) is 20.3 Å². The van der Waals surface area contributed by atoms with Gasteiger partial charge in [-0.25, -0.2) is 4.79 Å². The van der Waals surface area contributed by atoms with Gasteiger partial charge < -0.3 is 9.47 Å². The lowest BCUT2D eigenvalue weighted by molar-refractivity contribution is -0.155. The molecule has 1 aliphatic rings. The van der Waals surface area contributed by atoms with E-state index in [2.05, 4.69) is 19.2 Å². The van der Waals surface area contributed by atoms with Gasteiger partial charge in [-0.05, 0) is 26.2 Å². The summed E-state index contributed by atoms with van der Waals surface area (Å²) in [7, 11) is 1.43. The van der Waals surface area contributed by atoms with Crippen molar-refractivity contribution >= 4 is 5.97 Å². The molecule has 0 bridgehead atoms. The number of hydrogen-bond acceptors (Lipinski definition) is 4. The molecule has 15 heavy (non-hydrogen) atoms. The first-order valence-corrected chi connectivity index (χ1v) is 5.58. The van der Waals surface area contributed by atoms with Gasteiger partial charge in [0.25, 0.3) is 0 Å². The largest absolute Gasteiger partial charge is 0.468 e. The molecule has 0 amide bonds. The maximum atomic E-state index is 11.8. The summed E-state index contributed by atoms with van der Waals surface area (Å²) in [5.41, 5.74) is -0.623. The van der Waals surface area contributed by atoms with Crippen LogP contribution in [0.1, 0.15) is 33.1 Å². The van der Waals surface area contributed by atoms with Crippen LogP contribution in [0.5, 0.6) is 0 Å². The van der Waals surface area contributed by atoms with Crippen LogP contribution in [0.4, 0.5) is 0 Å². The molecule has 2 atom stereocenters. The van der Waals surface area contributed by atoms with E-state index < -0.39 is 5.54 Å². The molecule has 4 nitrogen and oxygen atoms in total. The lowest BCUT2D eigenvalue weighted by atomic mass is 9.91. The van der Waals surface area contributed by atoms with Gasteiger partial charge in [0, 0.05) is 12.6 Å². The molecule has 0 aromatic rings. The average Bonchev–Trinajstić information content (AvgIpc) is 2.29. The van der Waals surface area contributed by atoms with Crippen LogP contribution >= 0.6 is 0 Å². The Morgan fingerprint density at radius 1 is 1.67 bits per heavy atom. The molecule has 0 aromatic carbocycles. The predicted molar refractivity (Wildman–Crippen MR) is 57.7 cm³/mol. The van der Waals surface area contributed by atoms with Gasteiger partial charge in [-0.2, -0.15) is 0 Å². The Hall–Kier alpha value is -0.610. The van der Waals surface area contributed by atoms with Crippen LogP contribution < -0.4 is 5.32 Å². The molecule has 0 spiro atoms. The lowest BCUT2D eigenvalue weighted by Crippen LogP contribution is -2.60. The SMILES string of the molecule is CCC(C)NC1(C(=O)OC)CCCOC1. The van der Waals surface area contributed by atoms with Gasteiger partial charge in [0.2, 0.25) is 0 Å². The second-order valence-electron chi connectivity index (χ2n) is 4.18. The smallest absolute Gasteiger partial charge is 0.328 e. The first-order valence-electron chi connectivity index (χ1n) is 5.58. The predicted octanol–water partition coefficient (Wildman–Crippen LogP) is 1.10. The number of ether oxygens (including phenoxy) is 2. The van der Waals surface area contributed by atoms with E-state index in [0.29, 0.717) is 12.6 Å². The average molecular weight is 215 g/mol. The fraction of sp³-hybridized carbons (Fsp3) is 0.909. The molecular formula is C11H21NO3. The van der Waals surface area contributed by atoms with Crippen molar-refractivity contribution in [1.29, 1.82) is 0 Å². The van der Waals surface area contributed by atoms with Crippen molar-refractivity contribution in [3.05, 3.63) is 0 Å². The summed E-state index contributed by atoms with van der Waals surface area (Å²) in [6, 6.07) is 0.297. The van der Waals surface area contributed by atoms with Crippen LogP contribution in [0.2, 0.25) is 0 Å². The standard InChI is InChI=1S/C11H21NO3/c1-4-9(2)12-11(10(13)14-3)6-5-7-15-8-11/h9,12H,4-8H2,1-3H3. The van der Waals surface area contributed by atoms with E-state index in [1.165, 1.54) is 7.11 Å². The molecule has 88 valence electrons. The van der Waals surface area contributed by atoms with E-state index in [4.69, 9.17) is 9.47 Å². The van der Waals surface area contributed by atoms with Crippen LogP contribution in [-0.4, -0.2) is 37.9 Å². The van der Waals surface area contributed by atoms with Gasteiger partial charge in [0.05, 0.1) is 13.7 Å². The van der Waals surface area contributed by atoms with Crippen molar-refractivity contribution in [2.24, 2.45) is 0 Å². The Morgan fingerprint density at radius 3 is 2.87 bits per heavy atom. The summed E-state index contributed by atoms with van der Waals surface area (Å²) in [5.74, 6) is -0.206. The van der Waals surface area contributed by atoms with E-state index in [1.54, 1.807) is 0 Å². The number of carbonyl (C=O) groups excluding carboxylic acids is 1.